The van der Waals surface area contributed by atoms with Crippen LogP contribution < -0.4 is 5.32 Å². The predicted molar refractivity (Wildman–Crippen MR) is 117 cm³/mol. The molecule has 1 aromatic heterocycles. The van der Waals surface area contributed by atoms with E-state index >= 15 is 0 Å². The normalized spacial score (nSPS) is 15.7. The lowest BCUT2D eigenvalue weighted by Gasteiger charge is -2.23. The number of hydrogen-bond acceptors (Lipinski definition) is 6. The van der Waals surface area contributed by atoms with Gasteiger partial charge in [0.05, 0.1) is 31.2 Å². The van der Waals surface area contributed by atoms with Crippen molar-refractivity contribution in [2.45, 2.75) is 11.9 Å². The van der Waals surface area contributed by atoms with Gasteiger partial charge < -0.3 is 19.4 Å². The Kier molecular flexibility index (Phi) is 6.08. The summed E-state index contributed by atoms with van der Waals surface area (Å²) in [5, 5.41) is 2.65. The van der Waals surface area contributed by atoms with Crippen LogP contribution in [-0.2, 0) is 16.1 Å². The van der Waals surface area contributed by atoms with Crippen LogP contribution in [0.3, 0.4) is 0 Å². The molecule has 31 heavy (non-hydrogen) atoms. The summed E-state index contributed by atoms with van der Waals surface area (Å²) in [6.07, 6.45) is 1.59. The van der Waals surface area contributed by atoms with Crippen molar-refractivity contribution in [1.82, 2.24) is 4.90 Å². The number of benzene rings is 2. The third-order valence-corrected chi connectivity index (χ3v) is 6.13. The van der Waals surface area contributed by atoms with Crippen molar-refractivity contribution in [2.24, 2.45) is 0 Å². The fourth-order valence-corrected chi connectivity index (χ4v) is 4.50. The van der Waals surface area contributed by atoms with Gasteiger partial charge in [0.2, 0.25) is 5.91 Å². The minimum atomic E-state index is -0.469. The first-order valence-electron chi connectivity index (χ1n) is 9.58. The van der Waals surface area contributed by atoms with Crippen molar-refractivity contribution in [3.8, 4) is 0 Å². The molecule has 1 aliphatic rings. The van der Waals surface area contributed by atoms with E-state index in [1.54, 1.807) is 65.4 Å². The molecule has 0 saturated carbocycles. The molecule has 1 N–H and O–H groups in total. The van der Waals surface area contributed by atoms with E-state index in [4.69, 9.17) is 9.15 Å². The number of anilines is 1. The Morgan fingerprint density at radius 1 is 1.13 bits per heavy atom. The van der Waals surface area contributed by atoms with E-state index in [-0.39, 0.29) is 17.2 Å². The van der Waals surface area contributed by atoms with Crippen LogP contribution in [0.25, 0.3) is 0 Å². The molecule has 8 heteroatoms. The number of methoxy groups -OCH3 is 1. The second kappa shape index (κ2) is 9.09. The molecule has 1 atom stereocenters. The summed E-state index contributed by atoms with van der Waals surface area (Å²) in [4.78, 5) is 38.4. The van der Waals surface area contributed by atoms with Gasteiger partial charge in [0.1, 0.15) is 11.1 Å². The summed E-state index contributed by atoms with van der Waals surface area (Å²) >= 11 is 1.55. The van der Waals surface area contributed by atoms with Crippen LogP contribution in [0.1, 0.15) is 37.4 Å². The van der Waals surface area contributed by atoms with Gasteiger partial charge in [0.25, 0.3) is 5.91 Å². The average molecular weight is 436 g/mol. The molecule has 0 unspecified atom stereocenters. The molecule has 0 bridgehead atoms. The van der Waals surface area contributed by atoms with Crippen LogP contribution in [-0.4, -0.2) is 35.5 Å². The van der Waals surface area contributed by atoms with Gasteiger partial charge in [-0.3, -0.25) is 9.59 Å². The molecular weight excluding hydrogens is 416 g/mol. The molecule has 158 valence electrons. The molecule has 2 heterocycles. The molecule has 7 nitrogen and oxygen atoms in total. The summed E-state index contributed by atoms with van der Waals surface area (Å²) in [7, 11) is 1.31. The molecule has 1 aliphatic heterocycles. The summed E-state index contributed by atoms with van der Waals surface area (Å²) in [6.45, 7) is 0.405. The highest BCUT2D eigenvalue weighted by atomic mass is 32.2. The van der Waals surface area contributed by atoms with Gasteiger partial charge in [0.15, 0.2) is 0 Å². The minimum Gasteiger partial charge on any atom is -0.467 e. The largest absolute Gasteiger partial charge is 0.467 e. The quantitative estimate of drug-likeness (QED) is 0.586. The van der Waals surface area contributed by atoms with E-state index in [2.05, 4.69) is 5.32 Å². The van der Waals surface area contributed by atoms with E-state index in [0.717, 1.165) is 11.3 Å². The number of carbonyl (C=O) groups excluding carboxylic acids is 3. The maximum atomic E-state index is 12.6. The first-order chi connectivity index (χ1) is 15.0. The number of rotatable bonds is 6. The highest BCUT2D eigenvalue weighted by Gasteiger charge is 2.33. The number of amides is 2. The summed E-state index contributed by atoms with van der Waals surface area (Å²) in [6, 6.07) is 17.3. The van der Waals surface area contributed by atoms with Crippen molar-refractivity contribution in [3.63, 3.8) is 0 Å². The van der Waals surface area contributed by atoms with Crippen LogP contribution in [0.2, 0.25) is 0 Å². The van der Waals surface area contributed by atoms with Crippen molar-refractivity contribution < 1.29 is 23.5 Å². The highest BCUT2D eigenvalue weighted by molar-refractivity contribution is 8.00. The molecule has 1 saturated heterocycles. The van der Waals surface area contributed by atoms with Gasteiger partial charge in [-0.05, 0) is 48.0 Å². The van der Waals surface area contributed by atoms with Gasteiger partial charge in [0, 0.05) is 11.3 Å². The van der Waals surface area contributed by atoms with Crippen LogP contribution in [0, 0.1) is 0 Å². The summed E-state index contributed by atoms with van der Waals surface area (Å²) in [5.41, 5.74) is 2.26. The maximum absolute atomic E-state index is 12.6. The van der Waals surface area contributed by atoms with Crippen LogP contribution in [0.4, 0.5) is 5.69 Å². The molecule has 0 aliphatic carbocycles. The third kappa shape index (κ3) is 4.64. The van der Waals surface area contributed by atoms with E-state index in [1.807, 2.05) is 18.2 Å². The third-order valence-electron chi connectivity index (χ3n) is 4.87. The van der Waals surface area contributed by atoms with Gasteiger partial charge in [-0.2, -0.15) is 0 Å². The molecular formula is C23H20N2O5S. The zero-order valence-corrected chi connectivity index (χ0v) is 17.6. The standard InChI is InChI=1S/C23H20N2O5S/c1-29-23(28)17-4-2-5-18(12-17)24-21(27)15-7-9-16(10-8-15)22-25(20(26)14-31-22)13-19-6-3-11-30-19/h2-12,22H,13-14H2,1H3,(H,24,27)/t22-/m1/s1. The Hall–Kier alpha value is -3.52. The Labute approximate surface area is 183 Å². The fourth-order valence-electron chi connectivity index (χ4n) is 3.32. The van der Waals surface area contributed by atoms with Gasteiger partial charge in [-0.25, -0.2) is 4.79 Å². The van der Waals surface area contributed by atoms with Crippen LogP contribution in [0.5, 0.6) is 0 Å². The van der Waals surface area contributed by atoms with E-state index < -0.39 is 5.97 Å². The predicted octanol–water partition coefficient (Wildman–Crippen LogP) is 4.09. The zero-order valence-electron chi connectivity index (χ0n) is 16.7. The van der Waals surface area contributed by atoms with Crippen molar-refractivity contribution in [2.75, 3.05) is 18.2 Å². The molecule has 0 spiro atoms. The number of ether oxygens (including phenoxy) is 1. The van der Waals surface area contributed by atoms with Crippen LogP contribution in [0.15, 0.2) is 71.3 Å². The zero-order chi connectivity index (χ0) is 21.8. The van der Waals surface area contributed by atoms with Crippen LogP contribution >= 0.6 is 11.8 Å². The lowest BCUT2D eigenvalue weighted by atomic mass is 10.1. The Morgan fingerprint density at radius 2 is 1.94 bits per heavy atom. The van der Waals surface area contributed by atoms with E-state index in [1.165, 1.54) is 7.11 Å². The van der Waals surface area contributed by atoms with Crippen molar-refractivity contribution in [1.29, 1.82) is 0 Å². The number of carbonyl (C=O) groups is 3. The average Bonchev–Trinajstić information content (AvgIpc) is 3.44. The summed E-state index contributed by atoms with van der Waals surface area (Å²) in [5.74, 6) is 0.425. The van der Waals surface area contributed by atoms with Gasteiger partial charge in [-0.1, -0.05) is 18.2 Å². The lowest BCUT2D eigenvalue weighted by molar-refractivity contribution is -0.128. The minimum absolute atomic E-state index is 0.0544. The number of nitrogens with zero attached hydrogens (tertiary/aromatic N) is 1. The number of furan rings is 1. The molecule has 0 radical (unpaired) electrons. The van der Waals surface area contributed by atoms with Gasteiger partial charge >= 0.3 is 5.97 Å². The van der Waals surface area contributed by atoms with E-state index in [9.17, 15) is 14.4 Å². The number of thioether (sulfide) groups is 1. The second-order valence-electron chi connectivity index (χ2n) is 6.91. The molecule has 4 rings (SSSR count). The second-order valence-corrected chi connectivity index (χ2v) is 7.98. The molecule has 2 aromatic carbocycles. The summed E-state index contributed by atoms with van der Waals surface area (Å²) < 4.78 is 10.1. The topological polar surface area (TPSA) is 88.8 Å². The SMILES string of the molecule is COC(=O)c1cccc(NC(=O)c2ccc([C@H]3SCC(=O)N3Cc3ccco3)cc2)c1. The Balaban J connectivity index is 1.46. The smallest absolute Gasteiger partial charge is 0.337 e. The first kappa shape index (κ1) is 20.7. The molecule has 3 aromatic rings. The fraction of sp³-hybridized carbons (Fsp3) is 0.174. The Bertz CT molecular complexity index is 1100. The lowest BCUT2D eigenvalue weighted by Crippen LogP contribution is -2.27. The monoisotopic (exact) mass is 436 g/mol. The molecule has 2 amide bonds. The number of nitrogens with one attached hydrogen (secondary N) is 1. The first-order valence-corrected chi connectivity index (χ1v) is 10.6. The van der Waals surface area contributed by atoms with Gasteiger partial charge in [-0.15, -0.1) is 11.8 Å². The molecule has 1 fully saturated rings. The number of hydrogen-bond donors (Lipinski definition) is 1. The van der Waals surface area contributed by atoms with E-state index in [0.29, 0.717) is 29.1 Å². The van der Waals surface area contributed by atoms with Crippen molar-refractivity contribution >= 4 is 35.2 Å². The maximum Gasteiger partial charge on any atom is 0.337 e. The Morgan fingerprint density at radius 3 is 2.65 bits per heavy atom. The van der Waals surface area contributed by atoms with Crippen molar-refractivity contribution in [3.05, 3.63) is 89.4 Å². The highest BCUT2D eigenvalue weighted by Crippen LogP contribution is 2.39. The number of esters is 1.